The van der Waals surface area contributed by atoms with Crippen LogP contribution in [0.25, 0.3) is 0 Å². The van der Waals surface area contributed by atoms with Gasteiger partial charge in [0.2, 0.25) is 0 Å². The third kappa shape index (κ3) is 6.95. The summed E-state index contributed by atoms with van der Waals surface area (Å²) in [6.07, 6.45) is 10.2. The van der Waals surface area contributed by atoms with E-state index in [-0.39, 0.29) is 11.6 Å². The molecule has 0 amide bonds. The van der Waals surface area contributed by atoms with Gasteiger partial charge in [-0.05, 0) is 18.6 Å². The Morgan fingerprint density at radius 2 is 1.41 bits per heavy atom. The molecule has 0 unspecified atom stereocenters. The number of carbonyl (C=O) groups excluding carboxylic acids is 2. The molecule has 27 heavy (non-hydrogen) atoms. The molecule has 2 aromatic carbocycles. The van der Waals surface area contributed by atoms with Crippen LogP contribution in [0.1, 0.15) is 91.0 Å². The zero-order valence-corrected chi connectivity index (χ0v) is 16.9. The zero-order chi connectivity index (χ0) is 19.5. The Hall–Kier alpha value is -1.93. The van der Waals surface area contributed by atoms with Gasteiger partial charge in [-0.3, -0.25) is 9.59 Å². The Labute approximate surface area is 167 Å². The van der Waals surface area contributed by atoms with Crippen molar-refractivity contribution >= 4 is 23.2 Å². The quantitative estimate of drug-likeness (QED) is 0.284. The van der Waals surface area contributed by atoms with E-state index in [4.69, 9.17) is 11.6 Å². The molecule has 0 fully saturated rings. The Morgan fingerprint density at radius 1 is 0.778 bits per heavy atom. The van der Waals surface area contributed by atoms with Crippen LogP contribution in [0.4, 0.5) is 0 Å². The van der Waals surface area contributed by atoms with E-state index >= 15 is 0 Å². The molecule has 2 aromatic rings. The summed E-state index contributed by atoms with van der Waals surface area (Å²) in [5.74, 6) is -0.0238. The molecule has 0 aliphatic heterocycles. The van der Waals surface area contributed by atoms with Crippen molar-refractivity contribution in [3.8, 4) is 0 Å². The SMILES string of the molecule is CCCCCCCCCCC(=O)c1ccc(C(=O)c2ccccc2)c(Cl)c1. The Balaban J connectivity index is 1.82. The second-order valence-electron chi connectivity index (χ2n) is 7.04. The first-order chi connectivity index (χ1) is 13.1. The highest BCUT2D eigenvalue weighted by Gasteiger charge is 2.15. The van der Waals surface area contributed by atoms with Crippen molar-refractivity contribution in [2.24, 2.45) is 0 Å². The topological polar surface area (TPSA) is 34.1 Å². The molecule has 3 heteroatoms. The second-order valence-corrected chi connectivity index (χ2v) is 7.45. The van der Waals surface area contributed by atoms with Gasteiger partial charge in [0.1, 0.15) is 0 Å². The number of benzene rings is 2. The van der Waals surface area contributed by atoms with E-state index in [9.17, 15) is 9.59 Å². The van der Waals surface area contributed by atoms with E-state index in [1.807, 2.05) is 18.2 Å². The fourth-order valence-electron chi connectivity index (χ4n) is 3.18. The predicted octanol–water partition coefficient (Wildman–Crippen LogP) is 7.28. The molecule has 0 saturated heterocycles. The van der Waals surface area contributed by atoms with Crippen LogP contribution >= 0.6 is 11.6 Å². The predicted molar refractivity (Wildman–Crippen MR) is 113 cm³/mol. The molecule has 0 atom stereocenters. The molecule has 0 saturated carbocycles. The van der Waals surface area contributed by atoms with Crippen LogP contribution in [0.2, 0.25) is 5.02 Å². The van der Waals surface area contributed by atoms with Gasteiger partial charge in [-0.15, -0.1) is 0 Å². The summed E-state index contributed by atoms with van der Waals surface area (Å²) in [4.78, 5) is 24.9. The summed E-state index contributed by atoms with van der Waals surface area (Å²) in [7, 11) is 0. The largest absolute Gasteiger partial charge is 0.294 e. The maximum Gasteiger partial charge on any atom is 0.194 e. The second kappa shape index (κ2) is 11.7. The number of hydrogen-bond donors (Lipinski definition) is 0. The summed E-state index contributed by atoms with van der Waals surface area (Å²) in [6.45, 7) is 2.22. The summed E-state index contributed by atoms with van der Waals surface area (Å²) in [5.41, 5.74) is 1.62. The van der Waals surface area contributed by atoms with E-state index < -0.39 is 0 Å². The van der Waals surface area contributed by atoms with E-state index in [0.717, 1.165) is 12.8 Å². The standard InChI is InChI=1S/C24H29ClO2/c1-2-3-4-5-6-7-8-12-15-23(26)20-16-17-21(22(25)18-20)24(27)19-13-10-9-11-14-19/h9-11,13-14,16-18H,2-8,12,15H2,1H3. The van der Waals surface area contributed by atoms with E-state index in [1.165, 1.54) is 38.5 Å². The lowest BCUT2D eigenvalue weighted by Crippen LogP contribution is -2.04. The Morgan fingerprint density at radius 3 is 2.04 bits per heavy atom. The van der Waals surface area contributed by atoms with Gasteiger partial charge in [-0.2, -0.15) is 0 Å². The molecule has 2 nitrogen and oxygen atoms in total. The average molecular weight is 385 g/mol. The normalized spacial score (nSPS) is 10.7. The minimum absolute atomic E-state index is 0.0987. The number of rotatable bonds is 12. The third-order valence-corrected chi connectivity index (χ3v) is 5.14. The fourth-order valence-corrected chi connectivity index (χ4v) is 3.45. The van der Waals surface area contributed by atoms with E-state index in [0.29, 0.717) is 28.1 Å². The van der Waals surface area contributed by atoms with Crippen molar-refractivity contribution < 1.29 is 9.59 Å². The summed E-state index contributed by atoms with van der Waals surface area (Å²) in [5, 5.41) is 0.339. The number of hydrogen-bond acceptors (Lipinski definition) is 2. The van der Waals surface area contributed by atoms with Crippen molar-refractivity contribution in [2.75, 3.05) is 0 Å². The van der Waals surface area contributed by atoms with Crippen LogP contribution in [0, 0.1) is 0 Å². The van der Waals surface area contributed by atoms with E-state index in [2.05, 4.69) is 6.92 Å². The number of Topliss-reactive ketones (excluding diaryl/α,β-unsaturated/α-hetero) is 1. The maximum absolute atomic E-state index is 12.5. The Kier molecular flexibility index (Phi) is 9.27. The van der Waals surface area contributed by atoms with Crippen molar-refractivity contribution in [1.82, 2.24) is 0 Å². The van der Waals surface area contributed by atoms with Crippen molar-refractivity contribution in [3.05, 3.63) is 70.2 Å². The van der Waals surface area contributed by atoms with Gasteiger partial charge < -0.3 is 0 Å². The van der Waals surface area contributed by atoms with Gasteiger partial charge in [0.25, 0.3) is 0 Å². The first-order valence-corrected chi connectivity index (χ1v) is 10.4. The lowest BCUT2D eigenvalue weighted by molar-refractivity contribution is 0.0977. The van der Waals surface area contributed by atoms with E-state index in [1.54, 1.807) is 30.3 Å². The van der Waals surface area contributed by atoms with Gasteiger partial charge in [0.15, 0.2) is 11.6 Å². The van der Waals surface area contributed by atoms with Gasteiger partial charge in [0.05, 0.1) is 5.02 Å². The number of ketones is 2. The van der Waals surface area contributed by atoms with Crippen LogP contribution in [-0.4, -0.2) is 11.6 Å². The van der Waals surface area contributed by atoms with Crippen LogP contribution in [0.3, 0.4) is 0 Å². The summed E-state index contributed by atoms with van der Waals surface area (Å²) in [6, 6.07) is 14.1. The highest BCUT2D eigenvalue weighted by molar-refractivity contribution is 6.35. The molecule has 0 bridgehead atoms. The molecular weight excluding hydrogens is 356 g/mol. The fraction of sp³-hybridized carbons (Fsp3) is 0.417. The van der Waals surface area contributed by atoms with Crippen LogP contribution < -0.4 is 0 Å². The lowest BCUT2D eigenvalue weighted by atomic mass is 9.99. The Bertz CT molecular complexity index is 737. The van der Waals surface area contributed by atoms with Gasteiger partial charge in [0, 0.05) is 23.1 Å². The molecule has 0 heterocycles. The summed E-state index contributed by atoms with van der Waals surface area (Å²) < 4.78 is 0. The van der Waals surface area contributed by atoms with Crippen molar-refractivity contribution in [3.63, 3.8) is 0 Å². The number of carbonyl (C=O) groups is 2. The molecule has 2 rings (SSSR count). The first kappa shape index (κ1) is 21.4. The third-order valence-electron chi connectivity index (χ3n) is 4.83. The van der Waals surface area contributed by atoms with Crippen LogP contribution in [0.5, 0.6) is 0 Å². The van der Waals surface area contributed by atoms with Crippen LogP contribution in [0.15, 0.2) is 48.5 Å². The number of unbranched alkanes of at least 4 members (excludes halogenated alkanes) is 7. The van der Waals surface area contributed by atoms with Gasteiger partial charge in [-0.25, -0.2) is 0 Å². The molecule has 0 aliphatic rings. The molecule has 0 aliphatic carbocycles. The molecule has 0 N–H and O–H groups in total. The van der Waals surface area contributed by atoms with Crippen molar-refractivity contribution in [2.45, 2.75) is 64.7 Å². The number of halogens is 1. The minimum atomic E-state index is -0.123. The summed E-state index contributed by atoms with van der Waals surface area (Å²) >= 11 is 6.29. The minimum Gasteiger partial charge on any atom is -0.294 e. The molecular formula is C24H29ClO2. The maximum atomic E-state index is 12.5. The lowest BCUT2D eigenvalue weighted by Gasteiger charge is -2.07. The molecule has 0 radical (unpaired) electrons. The van der Waals surface area contributed by atoms with Crippen LogP contribution in [-0.2, 0) is 0 Å². The van der Waals surface area contributed by atoms with Crippen molar-refractivity contribution in [1.29, 1.82) is 0 Å². The monoisotopic (exact) mass is 384 g/mol. The smallest absolute Gasteiger partial charge is 0.194 e. The van der Waals surface area contributed by atoms with Gasteiger partial charge >= 0.3 is 0 Å². The highest BCUT2D eigenvalue weighted by Crippen LogP contribution is 2.22. The zero-order valence-electron chi connectivity index (χ0n) is 16.2. The molecule has 0 aromatic heterocycles. The molecule has 0 spiro atoms. The molecule has 144 valence electrons. The van der Waals surface area contributed by atoms with Gasteiger partial charge in [-0.1, -0.05) is 99.9 Å². The highest BCUT2D eigenvalue weighted by atomic mass is 35.5. The average Bonchev–Trinajstić information content (AvgIpc) is 2.70. The first-order valence-electron chi connectivity index (χ1n) is 10.1.